The van der Waals surface area contributed by atoms with Gasteiger partial charge in [-0.05, 0) is 69.1 Å². The molecule has 1 fully saturated rings. The molecule has 1 heterocycles. The number of hydrogen-bond acceptors (Lipinski definition) is 7. The summed E-state index contributed by atoms with van der Waals surface area (Å²) < 4.78 is 6.24. The zero-order valence-electron chi connectivity index (χ0n) is 24.5. The van der Waals surface area contributed by atoms with E-state index in [9.17, 15) is 19.2 Å². The van der Waals surface area contributed by atoms with Crippen LogP contribution in [-0.2, 0) is 11.3 Å². The number of nitrogens with one attached hydrogen (secondary N) is 2. The van der Waals surface area contributed by atoms with Crippen molar-refractivity contribution in [3.8, 4) is 5.69 Å². The van der Waals surface area contributed by atoms with Crippen LogP contribution in [0.25, 0.3) is 5.69 Å². The number of para-hydroxylation sites is 1. The molecular weight excluding hydrogens is 558 g/mol. The maximum atomic E-state index is 13.6. The second-order valence-electron chi connectivity index (χ2n) is 11.4. The number of nitrogens with zero attached hydrogens (tertiary/aromatic N) is 3. The van der Waals surface area contributed by atoms with E-state index in [1.807, 2.05) is 40.1 Å². The van der Waals surface area contributed by atoms with Gasteiger partial charge in [0, 0.05) is 18.2 Å². The van der Waals surface area contributed by atoms with Crippen LogP contribution in [0.2, 0.25) is 0 Å². The molecule has 4 rings (SSSR count). The summed E-state index contributed by atoms with van der Waals surface area (Å²) in [6, 6.07) is 14.8. The highest BCUT2D eigenvalue weighted by atomic mass is 35.5. The lowest BCUT2D eigenvalue weighted by Gasteiger charge is -2.32. The standard InChI is InChI=1S/C31H39N5O5.ClH/c1-20(2)18-26(27(37)30-34-36(31(40)41-30)23-10-6-5-7-11-23)33-29(39)24-12-8-9-13-25(24)32-28(38)22-16-14-21(15-17-22)19-35(3)4;/h5-7,10-11,14-17,20,24-26H,8-9,12-13,18-19H2,1-4H3,(H,32,38)(H,33,39);1H/t24-,25+,26+;/m1./s1. The van der Waals surface area contributed by atoms with E-state index in [-0.39, 0.29) is 42.1 Å². The van der Waals surface area contributed by atoms with Crippen LogP contribution in [0.3, 0.4) is 0 Å². The van der Waals surface area contributed by atoms with Gasteiger partial charge in [-0.1, -0.05) is 57.0 Å². The second-order valence-corrected chi connectivity index (χ2v) is 11.4. The molecule has 2 aromatic carbocycles. The summed E-state index contributed by atoms with van der Waals surface area (Å²) in [5.74, 6) is -2.64. The quantitative estimate of drug-likeness (QED) is 0.320. The lowest BCUT2D eigenvalue weighted by molar-refractivity contribution is -0.127. The molecule has 11 heteroatoms. The Labute approximate surface area is 252 Å². The molecule has 0 aliphatic heterocycles. The summed E-state index contributed by atoms with van der Waals surface area (Å²) in [5, 5.41) is 10.1. The normalized spacial score (nSPS) is 17.4. The maximum Gasteiger partial charge on any atom is 0.442 e. The van der Waals surface area contributed by atoms with Crippen LogP contribution >= 0.6 is 12.4 Å². The van der Waals surface area contributed by atoms with E-state index in [0.29, 0.717) is 30.5 Å². The Morgan fingerprint density at radius 3 is 2.33 bits per heavy atom. The first kappa shape index (κ1) is 32.8. The van der Waals surface area contributed by atoms with Crippen LogP contribution in [0.15, 0.2) is 63.8 Å². The SMILES string of the molecule is CC(C)C[C@H](NC(=O)[C@@H]1CCCC[C@@H]1NC(=O)c1ccc(CN(C)C)cc1)C(=O)c1nn(-c2ccccc2)c(=O)o1.Cl. The van der Waals surface area contributed by atoms with Gasteiger partial charge in [0.15, 0.2) is 0 Å². The number of carbonyl (C=O) groups is 3. The highest BCUT2D eigenvalue weighted by Gasteiger charge is 2.36. The van der Waals surface area contributed by atoms with E-state index >= 15 is 0 Å². The fraction of sp³-hybridized carbons (Fsp3) is 0.452. The molecule has 0 spiro atoms. The van der Waals surface area contributed by atoms with E-state index in [0.717, 1.165) is 29.6 Å². The summed E-state index contributed by atoms with van der Waals surface area (Å²) in [4.78, 5) is 54.6. The zero-order chi connectivity index (χ0) is 29.5. The lowest BCUT2D eigenvalue weighted by atomic mass is 9.83. The third-order valence-corrected chi connectivity index (χ3v) is 7.23. The number of ketones is 1. The fourth-order valence-corrected chi connectivity index (χ4v) is 5.24. The van der Waals surface area contributed by atoms with Crippen LogP contribution in [0.5, 0.6) is 0 Å². The molecule has 1 aliphatic carbocycles. The Morgan fingerprint density at radius 2 is 1.69 bits per heavy atom. The van der Waals surface area contributed by atoms with Gasteiger partial charge in [-0.15, -0.1) is 17.5 Å². The van der Waals surface area contributed by atoms with Gasteiger partial charge in [-0.25, -0.2) is 4.79 Å². The molecule has 226 valence electrons. The number of benzene rings is 2. The molecule has 0 radical (unpaired) electrons. The van der Waals surface area contributed by atoms with Crippen LogP contribution in [0, 0.1) is 11.8 Å². The summed E-state index contributed by atoms with van der Waals surface area (Å²) in [6.07, 6.45) is 3.35. The van der Waals surface area contributed by atoms with Crippen LogP contribution < -0.4 is 16.4 Å². The summed E-state index contributed by atoms with van der Waals surface area (Å²) in [7, 11) is 3.97. The van der Waals surface area contributed by atoms with Gasteiger partial charge < -0.3 is 20.0 Å². The smallest absolute Gasteiger partial charge is 0.384 e. The minimum absolute atomic E-state index is 0. The molecule has 1 saturated carbocycles. The van der Waals surface area contributed by atoms with Crippen LogP contribution in [0.4, 0.5) is 0 Å². The van der Waals surface area contributed by atoms with Crippen molar-refractivity contribution in [1.29, 1.82) is 0 Å². The number of Topliss-reactive ketones (excluding diaryl/α,β-unsaturated/α-hetero) is 1. The molecule has 2 N–H and O–H groups in total. The summed E-state index contributed by atoms with van der Waals surface area (Å²) >= 11 is 0. The van der Waals surface area contributed by atoms with Crippen molar-refractivity contribution < 1.29 is 18.8 Å². The van der Waals surface area contributed by atoms with Crippen molar-refractivity contribution in [2.24, 2.45) is 11.8 Å². The van der Waals surface area contributed by atoms with Crippen LogP contribution in [0.1, 0.15) is 72.6 Å². The predicted octanol–water partition coefficient (Wildman–Crippen LogP) is 4.01. The zero-order valence-corrected chi connectivity index (χ0v) is 25.4. The maximum absolute atomic E-state index is 13.6. The van der Waals surface area contributed by atoms with Crippen molar-refractivity contribution in [1.82, 2.24) is 25.3 Å². The van der Waals surface area contributed by atoms with E-state index < -0.39 is 23.5 Å². The second kappa shape index (κ2) is 14.9. The molecule has 0 bridgehead atoms. The first-order valence-electron chi connectivity index (χ1n) is 14.2. The van der Waals surface area contributed by atoms with Gasteiger partial charge in [-0.2, -0.15) is 4.68 Å². The van der Waals surface area contributed by atoms with E-state index in [2.05, 4.69) is 20.6 Å². The Kier molecular flexibility index (Phi) is 11.6. The van der Waals surface area contributed by atoms with Gasteiger partial charge in [-0.3, -0.25) is 14.4 Å². The van der Waals surface area contributed by atoms with Gasteiger partial charge in [0.1, 0.15) is 0 Å². The Balaban J connectivity index is 0.00000484. The average Bonchev–Trinajstić information content (AvgIpc) is 3.34. The van der Waals surface area contributed by atoms with Crippen molar-refractivity contribution in [3.05, 3.63) is 82.2 Å². The van der Waals surface area contributed by atoms with Gasteiger partial charge >= 0.3 is 5.76 Å². The molecule has 10 nitrogen and oxygen atoms in total. The number of aromatic nitrogens is 2. The van der Waals surface area contributed by atoms with Crippen molar-refractivity contribution in [2.45, 2.75) is 64.6 Å². The molecule has 0 unspecified atom stereocenters. The summed E-state index contributed by atoms with van der Waals surface area (Å²) in [5.41, 5.74) is 2.11. The van der Waals surface area contributed by atoms with Gasteiger partial charge in [0.05, 0.1) is 17.6 Å². The number of carbonyl (C=O) groups excluding carboxylic acids is 3. The van der Waals surface area contributed by atoms with Crippen LogP contribution in [-0.4, -0.2) is 58.5 Å². The third-order valence-electron chi connectivity index (χ3n) is 7.23. The predicted molar refractivity (Wildman–Crippen MR) is 162 cm³/mol. The van der Waals surface area contributed by atoms with Gasteiger partial charge in [0.2, 0.25) is 11.7 Å². The third kappa shape index (κ3) is 8.39. The molecule has 42 heavy (non-hydrogen) atoms. The Hall–Kier alpha value is -3.76. The number of hydrogen-bond donors (Lipinski definition) is 2. The summed E-state index contributed by atoms with van der Waals surface area (Å²) in [6.45, 7) is 4.66. The number of halogens is 1. The first-order valence-corrected chi connectivity index (χ1v) is 14.2. The van der Waals surface area contributed by atoms with E-state index in [1.165, 1.54) is 0 Å². The van der Waals surface area contributed by atoms with E-state index in [1.54, 1.807) is 42.5 Å². The van der Waals surface area contributed by atoms with Crippen molar-refractivity contribution in [3.63, 3.8) is 0 Å². The fourth-order valence-electron chi connectivity index (χ4n) is 5.24. The first-order chi connectivity index (χ1) is 19.6. The highest BCUT2D eigenvalue weighted by molar-refractivity contribution is 5.99. The Morgan fingerprint density at radius 1 is 1.02 bits per heavy atom. The Bertz CT molecular complexity index is 1400. The molecule has 2 amide bonds. The lowest BCUT2D eigenvalue weighted by Crippen LogP contribution is -2.52. The largest absolute Gasteiger partial charge is 0.442 e. The van der Waals surface area contributed by atoms with Crippen molar-refractivity contribution in [2.75, 3.05) is 14.1 Å². The number of amides is 2. The minimum Gasteiger partial charge on any atom is -0.384 e. The molecular formula is C31H40ClN5O5. The van der Waals surface area contributed by atoms with E-state index in [4.69, 9.17) is 4.42 Å². The topological polar surface area (TPSA) is 127 Å². The minimum atomic E-state index is -0.924. The van der Waals surface area contributed by atoms with Crippen molar-refractivity contribution >= 4 is 30.0 Å². The molecule has 0 saturated heterocycles. The molecule has 3 aromatic rings. The molecule has 1 aromatic heterocycles. The monoisotopic (exact) mass is 597 g/mol. The molecule has 3 atom stereocenters. The molecule has 1 aliphatic rings. The van der Waals surface area contributed by atoms with Gasteiger partial charge in [0.25, 0.3) is 11.8 Å². The average molecular weight is 598 g/mol. The highest BCUT2D eigenvalue weighted by Crippen LogP contribution is 2.26. The number of rotatable bonds is 11.